The van der Waals surface area contributed by atoms with Gasteiger partial charge in [0.15, 0.2) is 0 Å². The molecule has 1 atom stereocenters. The van der Waals surface area contributed by atoms with E-state index in [4.69, 9.17) is 12.6 Å². The molecule has 0 fully saturated rings. The van der Waals surface area contributed by atoms with Crippen LogP contribution in [-0.4, -0.2) is 20.1 Å². The van der Waals surface area contributed by atoms with Crippen LogP contribution in [0.1, 0.15) is 61.3 Å². The molecule has 0 bridgehead atoms. The van der Waals surface area contributed by atoms with Crippen molar-refractivity contribution >= 4 is 7.85 Å². The average Bonchev–Trinajstić information content (AvgIpc) is 2.25. The van der Waals surface area contributed by atoms with E-state index in [1.54, 1.807) is 0 Å². The fraction of sp³-hybridized carbons (Fsp3) is 1.00. The Labute approximate surface area is 104 Å². The van der Waals surface area contributed by atoms with E-state index in [1.807, 2.05) is 0 Å². The predicted octanol–water partition coefficient (Wildman–Crippen LogP) is 4.22. The lowest BCUT2D eigenvalue weighted by Gasteiger charge is -2.38. The highest BCUT2D eigenvalue weighted by atomic mass is 16.5. The van der Waals surface area contributed by atoms with E-state index in [0.717, 1.165) is 12.8 Å². The fourth-order valence-corrected chi connectivity index (χ4v) is 1.39. The highest BCUT2D eigenvalue weighted by molar-refractivity contribution is 6.12. The Morgan fingerprint density at radius 2 is 1.50 bits per heavy atom. The largest absolute Gasteiger partial charge is 0.376 e. The third-order valence-corrected chi connectivity index (χ3v) is 4.55. The molecule has 0 aliphatic heterocycles. The van der Waals surface area contributed by atoms with Crippen molar-refractivity contribution in [3.63, 3.8) is 0 Å². The van der Waals surface area contributed by atoms with E-state index in [9.17, 15) is 0 Å². The zero-order valence-corrected chi connectivity index (χ0v) is 12.3. The Kier molecular flexibility index (Phi) is 6.10. The lowest BCUT2D eigenvalue weighted by Crippen LogP contribution is -2.34. The second-order valence-corrected chi connectivity index (χ2v) is 6.05. The quantitative estimate of drug-likeness (QED) is 0.588. The van der Waals surface area contributed by atoms with Crippen molar-refractivity contribution in [3.8, 4) is 0 Å². The van der Waals surface area contributed by atoms with Crippen LogP contribution < -0.4 is 0 Å². The molecule has 0 heterocycles. The first-order valence-electron chi connectivity index (χ1n) is 6.59. The lowest BCUT2D eigenvalue weighted by atomic mass is 9.62. The normalized spacial score (nSPS) is 15.5. The Balaban J connectivity index is 4.31. The molecule has 0 saturated carbocycles. The van der Waals surface area contributed by atoms with E-state index >= 15 is 0 Å². The second-order valence-electron chi connectivity index (χ2n) is 6.05. The highest BCUT2D eigenvalue weighted by Crippen LogP contribution is 2.38. The molecule has 0 aliphatic carbocycles. The third-order valence-electron chi connectivity index (χ3n) is 4.55. The van der Waals surface area contributed by atoms with E-state index in [1.165, 1.54) is 0 Å². The SMILES string of the molecule is [B]C(COC(C)(CC)CC)C(C)(C)C(C)C. The molecule has 16 heavy (non-hydrogen) atoms. The van der Waals surface area contributed by atoms with Crippen molar-refractivity contribution in [2.75, 3.05) is 6.61 Å². The summed E-state index contributed by atoms with van der Waals surface area (Å²) >= 11 is 0. The van der Waals surface area contributed by atoms with Crippen molar-refractivity contribution < 1.29 is 4.74 Å². The number of hydrogen-bond donors (Lipinski definition) is 0. The Hall–Kier alpha value is 0.0249. The van der Waals surface area contributed by atoms with Gasteiger partial charge in [-0.15, -0.1) is 0 Å². The van der Waals surface area contributed by atoms with Gasteiger partial charge in [-0.2, -0.15) is 0 Å². The summed E-state index contributed by atoms with van der Waals surface area (Å²) in [5, 5.41) is 0. The van der Waals surface area contributed by atoms with Gasteiger partial charge in [-0.1, -0.05) is 41.5 Å². The van der Waals surface area contributed by atoms with Crippen molar-refractivity contribution in [1.82, 2.24) is 0 Å². The van der Waals surface area contributed by atoms with Crippen LogP contribution in [0.15, 0.2) is 0 Å². The van der Waals surface area contributed by atoms with Crippen LogP contribution in [0, 0.1) is 11.3 Å². The summed E-state index contributed by atoms with van der Waals surface area (Å²) in [4.78, 5) is 0. The van der Waals surface area contributed by atoms with Gasteiger partial charge >= 0.3 is 0 Å². The van der Waals surface area contributed by atoms with Crippen molar-refractivity contribution in [2.45, 2.75) is 72.7 Å². The molecule has 0 amide bonds. The summed E-state index contributed by atoms with van der Waals surface area (Å²) in [6.07, 6.45) is 2.08. The van der Waals surface area contributed by atoms with Crippen LogP contribution >= 0.6 is 0 Å². The molecule has 2 radical (unpaired) electrons. The summed E-state index contributed by atoms with van der Waals surface area (Å²) in [6.45, 7) is 16.1. The van der Waals surface area contributed by atoms with Gasteiger partial charge < -0.3 is 4.74 Å². The zero-order chi connectivity index (χ0) is 13.0. The molecule has 2 heteroatoms. The summed E-state index contributed by atoms with van der Waals surface area (Å²) in [5.41, 5.74) is 0.118. The van der Waals surface area contributed by atoms with Gasteiger partial charge in [-0.05, 0) is 36.9 Å². The van der Waals surface area contributed by atoms with Gasteiger partial charge in [0.1, 0.15) is 0 Å². The Morgan fingerprint density at radius 1 is 1.06 bits per heavy atom. The van der Waals surface area contributed by atoms with Crippen LogP contribution in [0.3, 0.4) is 0 Å². The van der Waals surface area contributed by atoms with Gasteiger partial charge in [-0.3, -0.25) is 0 Å². The molecule has 0 aliphatic rings. The maximum Gasteiger partial charge on any atom is 0.0738 e. The first kappa shape index (κ1) is 16.0. The molecule has 94 valence electrons. The van der Waals surface area contributed by atoms with Crippen LogP contribution in [0.2, 0.25) is 5.82 Å². The number of rotatable bonds is 7. The summed E-state index contributed by atoms with van der Waals surface area (Å²) in [7, 11) is 6.24. The third kappa shape index (κ3) is 4.12. The molecular formula is C14H29BO. The van der Waals surface area contributed by atoms with Gasteiger partial charge in [-0.25, -0.2) is 0 Å². The summed E-state index contributed by atoms with van der Waals surface area (Å²) < 4.78 is 6.00. The van der Waals surface area contributed by atoms with Crippen LogP contribution in [0.5, 0.6) is 0 Å². The van der Waals surface area contributed by atoms with E-state index in [0.29, 0.717) is 12.5 Å². The molecule has 1 nitrogen and oxygen atoms in total. The molecule has 0 N–H and O–H groups in total. The van der Waals surface area contributed by atoms with Crippen molar-refractivity contribution in [2.24, 2.45) is 11.3 Å². The number of hydrogen-bond acceptors (Lipinski definition) is 1. The van der Waals surface area contributed by atoms with Crippen LogP contribution in [-0.2, 0) is 4.74 Å². The van der Waals surface area contributed by atoms with Crippen molar-refractivity contribution in [3.05, 3.63) is 0 Å². The van der Waals surface area contributed by atoms with Crippen LogP contribution in [0.4, 0.5) is 0 Å². The minimum absolute atomic E-state index is 0.00925. The first-order valence-corrected chi connectivity index (χ1v) is 6.59. The van der Waals surface area contributed by atoms with Crippen LogP contribution in [0.25, 0.3) is 0 Å². The van der Waals surface area contributed by atoms with Gasteiger partial charge in [0.25, 0.3) is 0 Å². The molecule has 0 rings (SSSR count). The molecule has 0 aromatic rings. The molecule has 0 saturated heterocycles. The molecular weight excluding hydrogens is 195 g/mol. The smallest absolute Gasteiger partial charge is 0.0738 e. The molecule has 0 aromatic carbocycles. The minimum Gasteiger partial charge on any atom is -0.376 e. The first-order chi connectivity index (χ1) is 7.19. The highest BCUT2D eigenvalue weighted by Gasteiger charge is 2.31. The summed E-state index contributed by atoms with van der Waals surface area (Å²) in [6, 6.07) is 0. The fourth-order valence-electron chi connectivity index (χ4n) is 1.39. The standard InChI is InChI=1S/C14H29BO/c1-8-14(7,9-2)16-10-12(15)13(5,6)11(3)4/h11-12H,8-10H2,1-7H3. The van der Waals surface area contributed by atoms with E-state index in [2.05, 4.69) is 48.5 Å². The Morgan fingerprint density at radius 3 is 1.81 bits per heavy atom. The van der Waals surface area contributed by atoms with Gasteiger partial charge in [0.05, 0.1) is 13.4 Å². The Bertz CT molecular complexity index is 195. The minimum atomic E-state index is -0.00925. The zero-order valence-electron chi connectivity index (χ0n) is 12.3. The number of ether oxygens (including phenoxy) is 1. The molecule has 0 spiro atoms. The van der Waals surface area contributed by atoms with Gasteiger partial charge in [0.2, 0.25) is 0 Å². The molecule has 1 unspecified atom stereocenters. The van der Waals surface area contributed by atoms with E-state index in [-0.39, 0.29) is 16.8 Å². The van der Waals surface area contributed by atoms with Gasteiger partial charge in [0, 0.05) is 6.61 Å². The maximum atomic E-state index is 6.24. The topological polar surface area (TPSA) is 9.23 Å². The van der Waals surface area contributed by atoms with E-state index < -0.39 is 0 Å². The van der Waals surface area contributed by atoms with Crippen molar-refractivity contribution in [1.29, 1.82) is 0 Å². The lowest BCUT2D eigenvalue weighted by molar-refractivity contribution is -0.0496. The second kappa shape index (κ2) is 6.09. The predicted molar refractivity (Wildman–Crippen MR) is 73.1 cm³/mol. The monoisotopic (exact) mass is 224 g/mol. The summed E-state index contributed by atoms with van der Waals surface area (Å²) in [5.74, 6) is 0.672. The maximum absolute atomic E-state index is 6.24. The molecule has 0 aromatic heterocycles. The average molecular weight is 224 g/mol.